The molecule has 6 nitrogen and oxygen atoms in total. The molecule has 0 radical (unpaired) electrons. The fourth-order valence-electron chi connectivity index (χ4n) is 4.05. The molecule has 0 saturated heterocycles. The maximum Gasteiger partial charge on any atom is 0.408 e. The van der Waals surface area contributed by atoms with Crippen LogP contribution < -0.4 is 15.7 Å². The second-order valence-electron chi connectivity index (χ2n) is 9.07. The molecule has 3 aromatic carbocycles. The van der Waals surface area contributed by atoms with Crippen molar-refractivity contribution in [3.05, 3.63) is 96.6 Å². The Hall–Kier alpha value is -3.42. The summed E-state index contributed by atoms with van der Waals surface area (Å²) >= 11 is 0. The number of rotatable bonds is 9. The van der Waals surface area contributed by atoms with Crippen LogP contribution in [0.1, 0.15) is 26.3 Å². The molecule has 0 aliphatic carbocycles. The van der Waals surface area contributed by atoms with E-state index in [1.165, 1.54) is 0 Å². The van der Waals surface area contributed by atoms with Crippen LogP contribution in [0.5, 0.6) is 0 Å². The van der Waals surface area contributed by atoms with E-state index in [2.05, 4.69) is 26.1 Å². The lowest BCUT2D eigenvalue weighted by atomic mass is 10.2. The fourth-order valence-corrected chi connectivity index (χ4v) is 8.62. The maximum absolute atomic E-state index is 12.4. The zero-order chi connectivity index (χ0) is 24.6. The van der Waals surface area contributed by atoms with Gasteiger partial charge in [-0.25, -0.2) is 9.59 Å². The first-order valence-corrected chi connectivity index (χ1v) is 13.1. The Balaban J connectivity index is 1.83. The Labute approximate surface area is 201 Å². The summed E-state index contributed by atoms with van der Waals surface area (Å²) in [5.74, 6) is -1.19. The van der Waals surface area contributed by atoms with Gasteiger partial charge in [-0.2, -0.15) is 0 Å². The van der Waals surface area contributed by atoms with Gasteiger partial charge in [-0.05, 0) is 21.0 Å². The van der Waals surface area contributed by atoms with Crippen molar-refractivity contribution in [3.63, 3.8) is 0 Å². The average Bonchev–Trinajstić information content (AvgIpc) is 2.83. The van der Waals surface area contributed by atoms with E-state index in [0.29, 0.717) is 0 Å². The van der Waals surface area contributed by atoms with Gasteiger partial charge in [0.2, 0.25) is 0 Å². The zero-order valence-electron chi connectivity index (χ0n) is 19.7. The molecule has 34 heavy (non-hydrogen) atoms. The van der Waals surface area contributed by atoms with Gasteiger partial charge in [0.25, 0.3) is 8.32 Å². The number of ether oxygens (including phenoxy) is 1. The Morgan fingerprint density at radius 3 is 1.76 bits per heavy atom. The molecule has 2 N–H and O–H groups in total. The van der Waals surface area contributed by atoms with Crippen molar-refractivity contribution in [1.82, 2.24) is 5.32 Å². The van der Waals surface area contributed by atoms with Crippen LogP contribution in [0.15, 0.2) is 91.0 Å². The molecular formula is C27H31NO5Si. The van der Waals surface area contributed by atoms with Crippen LogP contribution in [0.4, 0.5) is 4.79 Å². The normalized spacial score (nSPS) is 12.6. The molecule has 3 aromatic rings. The maximum atomic E-state index is 12.4. The zero-order valence-corrected chi connectivity index (χ0v) is 20.7. The first kappa shape index (κ1) is 25.2. The van der Waals surface area contributed by atoms with E-state index in [0.717, 1.165) is 15.9 Å². The van der Waals surface area contributed by atoms with Gasteiger partial charge >= 0.3 is 12.1 Å². The van der Waals surface area contributed by atoms with E-state index in [-0.39, 0.29) is 18.3 Å². The van der Waals surface area contributed by atoms with Crippen molar-refractivity contribution < 1.29 is 23.9 Å². The minimum Gasteiger partial charge on any atom is -0.480 e. The summed E-state index contributed by atoms with van der Waals surface area (Å²) in [6.45, 7) is 6.18. The van der Waals surface area contributed by atoms with E-state index in [4.69, 9.17) is 9.16 Å². The highest BCUT2D eigenvalue weighted by molar-refractivity contribution is 6.99. The van der Waals surface area contributed by atoms with Crippen molar-refractivity contribution in [2.75, 3.05) is 6.61 Å². The summed E-state index contributed by atoms with van der Waals surface area (Å²) in [5.41, 5.74) is 0.813. The van der Waals surface area contributed by atoms with Gasteiger partial charge in [0.05, 0.1) is 6.61 Å². The number of carbonyl (C=O) groups is 2. The third kappa shape index (κ3) is 5.92. The summed E-state index contributed by atoms with van der Waals surface area (Å²) in [6.07, 6.45) is -0.803. The van der Waals surface area contributed by atoms with Crippen LogP contribution >= 0.6 is 0 Å². The monoisotopic (exact) mass is 477 g/mol. The lowest BCUT2D eigenvalue weighted by molar-refractivity contribution is -0.140. The molecule has 0 bridgehead atoms. The lowest BCUT2D eigenvalue weighted by Crippen LogP contribution is -2.67. The van der Waals surface area contributed by atoms with Gasteiger partial charge in [0.15, 0.2) is 6.04 Å². The Morgan fingerprint density at radius 1 is 0.853 bits per heavy atom. The Kier molecular flexibility index (Phi) is 8.25. The molecule has 7 heteroatoms. The van der Waals surface area contributed by atoms with Crippen molar-refractivity contribution in [3.8, 4) is 0 Å². The number of carboxylic acid groups (broad SMARTS) is 1. The molecule has 178 valence electrons. The first-order valence-electron chi connectivity index (χ1n) is 11.2. The average molecular weight is 478 g/mol. The highest BCUT2D eigenvalue weighted by Crippen LogP contribution is 2.36. The minimum atomic E-state index is -2.94. The number of benzene rings is 3. The number of hydrogen-bond donors (Lipinski definition) is 2. The minimum absolute atomic E-state index is 0.0502. The van der Waals surface area contributed by atoms with E-state index in [1.54, 1.807) is 0 Å². The highest BCUT2D eigenvalue weighted by atomic mass is 28.4. The number of aliphatic carboxylic acids is 1. The van der Waals surface area contributed by atoms with Gasteiger partial charge in [0.1, 0.15) is 6.61 Å². The fraction of sp³-hybridized carbons (Fsp3) is 0.259. The van der Waals surface area contributed by atoms with E-state index in [1.807, 2.05) is 91.0 Å². The van der Waals surface area contributed by atoms with Crippen LogP contribution in [-0.4, -0.2) is 38.1 Å². The highest BCUT2D eigenvalue weighted by Gasteiger charge is 2.50. The van der Waals surface area contributed by atoms with Crippen LogP contribution in [0.3, 0.4) is 0 Å². The van der Waals surface area contributed by atoms with Crippen LogP contribution in [0, 0.1) is 0 Å². The number of hydrogen-bond acceptors (Lipinski definition) is 4. The van der Waals surface area contributed by atoms with Gasteiger partial charge in [-0.1, -0.05) is 112 Å². The largest absolute Gasteiger partial charge is 0.480 e. The van der Waals surface area contributed by atoms with Crippen LogP contribution in [0.25, 0.3) is 0 Å². The molecule has 0 aliphatic rings. The van der Waals surface area contributed by atoms with Gasteiger partial charge in [0, 0.05) is 0 Å². The second kappa shape index (κ2) is 11.1. The number of alkyl carbamates (subject to hydrolysis) is 1. The predicted octanol–water partition coefficient (Wildman–Crippen LogP) is 3.94. The molecule has 0 heterocycles. The summed E-state index contributed by atoms with van der Waals surface area (Å²) in [4.78, 5) is 24.4. The molecule has 0 fully saturated rings. The summed E-state index contributed by atoms with van der Waals surface area (Å²) in [5, 5.41) is 14.0. The summed E-state index contributed by atoms with van der Waals surface area (Å²) in [6, 6.07) is 27.8. The van der Waals surface area contributed by atoms with Crippen molar-refractivity contribution in [2.24, 2.45) is 0 Å². The van der Waals surface area contributed by atoms with Crippen molar-refractivity contribution in [1.29, 1.82) is 0 Å². The first-order chi connectivity index (χ1) is 16.2. The van der Waals surface area contributed by atoms with Crippen molar-refractivity contribution in [2.45, 2.75) is 38.5 Å². The molecule has 0 aliphatic heterocycles. The van der Waals surface area contributed by atoms with E-state index in [9.17, 15) is 14.7 Å². The van der Waals surface area contributed by atoms with E-state index < -0.39 is 26.4 Å². The van der Waals surface area contributed by atoms with Crippen LogP contribution in [0.2, 0.25) is 5.04 Å². The summed E-state index contributed by atoms with van der Waals surface area (Å²) in [7, 11) is -2.94. The predicted molar refractivity (Wildman–Crippen MR) is 135 cm³/mol. The number of amides is 1. The molecule has 0 unspecified atom stereocenters. The molecule has 3 rings (SSSR count). The molecule has 1 amide bonds. The quantitative estimate of drug-likeness (QED) is 0.456. The van der Waals surface area contributed by atoms with Gasteiger partial charge in [-0.3, -0.25) is 0 Å². The second-order valence-corrected chi connectivity index (χ2v) is 13.4. The Bertz CT molecular complexity index is 1030. The SMILES string of the molecule is CC(C)(C)[Si](OC[C@H](NC(=O)OCc1ccccc1)C(=O)O)(c1ccccc1)c1ccccc1. The van der Waals surface area contributed by atoms with Crippen LogP contribution in [-0.2, 0) is 20.6 Å². The topological polar surface area (TPSA) is 84.9 Å². The molecular weight excluding hydrogens is 446 g/mol. The van der Waals surface area contributed by atoms with E-state index >= 15 is 0 Å². The number of carbonyl (C=O) groups excluding carboxylic acids is 1. The van der Waals surface area contributed by atoms with Gasteiger partial charge < -0.3 is 19.6 Å². The van der Waals surface area contributed by atoms with Gasteiger partial charge in [-0.15, -0.1) is 0 Å². The molecule has 0 aromatic heterocycles. The molecule has 1 atom stereocenters. The van der Waals surface area contributed by atoms with Crippen molar-refractivity contribution >= 4 is 30.8 Å². The Morgan fingerprint density at radius 2 is 1.32 bits per heavy atom. The summed E-state index contributed by atoms with van der Waals surface area (Å²) < 4.78 is 11.9. The third-order valence-electron chi connectivity index (χ3n) is 5.69. The smallest absolute Gasteiger partial charge is 0.408 e. The molecule has 0 spiro atoms. The molecule has 0 saturated carbocycles. The lowest BCUT2D eigenvalue weighted by Gasteiger charge is -2.43. The third-order valence-corrected chi connectivity index (χ3v) is 10.7. The number of carboxylic acids is 1. The standard InChI is InChI=1S/C27H31NO5Si/c1-27(2,3)34(22-15-9-5-10-16-22,23-17-11-6-12-18-23)33-20-24(25(29)30)28-26(31)32-19-21-13-7-4-8-14-21/h4-18,24H,19-20H2,1-3H3,(H,28,31)(H,29,30)/t24-/m0/s1. The number of nitrogens with one attached hydrogen (secondary N) is 1.